The Morgan fingerprint density at radius 2 is 1.95 bits per heavy atom. The summed E-state index contributed by atoms with van der Waals surface area (Å²) in [5.41, 5.74) is 3.51. The number of esters is 1. The number of hydrogen-bond acceptors (Lipinski definition) is 3. The summed E-state index contributed by atoms with van der Waals surface area (Å²) >= 11 is 0. The fourth-order valence-corrected chi connectivity index (χ4v) is 2.59. The van der Waals surface area contributed by atoms with Gasteiger partial charge in [-0.05, 0) is 50.7 Å². The Kier molecular flexibility index (Phi) is 5.32. The van der Waals surface area contributed by atoms with Crippen LogP contribution in [0, 0.1) is 6.92 Å². The van der Waals surface area contributed by atoms with E-state index >= 15 is 0 Å². The van der Waals surface area contributed by atoms with E-state index in [0.717, 1.165) is 36.8 Å². The van der Waals surface area contributed by atoms with Gasteiger partial charge >= 0.3 is 5.97 Å². The number of carbonyl (C=O) groups excluding carboxylic acids is 2. The van der Waals surface area contributed by atoms with Crippen molar-refractivity contribution in [1.29, 1.82) is 0 Å². The van der Waals surface area contributed by atoms with Crippen LogP contribution in [0.1, 0.15) is 50.2 Å². The zero-order valence-corrected chi connectivity index (χ0v) is 12.7. The number of hydrogen-bond donors (Lipinski definition) is 0. The molecule has 21 heavy (non-hydrogen) atoms. The first-order valence-corrected chi connectivity index (χ1v) is 7.50. The van der Waals surface area contributed by atoms with Crippen LogP contribution in [0.2, 0.25) is 0 Å². The lowest BCUT2D eigenvalue weighted by molar-refractivity contribution is -0.149. The second-order valence-electron chi connectivity index (χ2n) is 5.73. The molecule has 0 heterocycles. The van der Waals surface area contributed by atoms with Crippen LogP contribution in [0.25, 0.3) is 6.08 Å². The zero-order valence-electron chi connectivity index (χ0n) is 12.7. The van der Waals surface area contributed by atoms with E-state index in [4.69, 9.17) is 4.74 Å². The highest BCUT2D eigenvalue weighted by molar-refractivity contribution is 5.94. The average Bonchev–Trinajstić information content (AvgIpc) is 2.42. The first-order chi connectivity index (χ1) is 10.0. The highest BCUT2D eigenvalue weighted by Crippen LogP contribution is 2.28. The van der Waals surface area contributed by atoms with Gasteiger partial charge in [0, 0.05) is 0 Å². The van der Waals surface area contributed by atoms with Crippen molar-refractivity contribution in [3.05, 3.63) is 41.0 Å². The third kappa shape index (κ3) is 4.85. The molecule has 0 bridgehead atoms. The molecule has 1 aliphatic carbocycles. The van der Waals surface area contributed by atoms with Gasteiger partial charge < -0.3 is 4.74 Å². The van der Waals surface area contributed by atoms with Gasteiger partial charge in [0.15, 0.2) is 0 Å². The molecule has 0 spiro atoms. The van der Waals surface area contributed by atoms with E-state index in [-0.39, 0.29) is 18.3 Å². The summed E-state index contributed by atoms with van der Waals surface area (Å²) in [4.78, 5) is 22.7. The minimum Gasteiger partial charge on any atom is -0.457 e. The normalized spacial score (nSPS) is 20.3. The predicted molar refractivity (Wildman–Crippen MR) is 82.8 cm³/mol. The van der Waals surface area contributed by atoms with Crippen LogP contribution >= 0.6 is 0 Å². The molecule has 3 heteroatoms. The molecule has 1 unspecified atom stereocenters. The van der Waals surface area contributed by atoms with Gasteiger partial charge in [0.25, 0.3) is 0 Å². The molecule has 1 saturated carbocycles. The smallest absolute Gasteiger partial charge is 0.313 e. The number of rotatable bonds is 4. The number of benzene rings is 1. The van der Waals surface area contributed by atoms with Gasteiger partial charge in [-0.3, -0.25) is 9.59 Å². The number of aryl methyl sites for hydroxylation is 1. The maximum absolute atomic E-state index is 11.7. The van der Waals surface area contributed by atoms with Crippen LogP contribution in [0.15, 0.2) is 29.8 Å². The van der Waals surface area contributed by atoms with Gasteiger partial charge in [-0.2, -0.15) is 0 Å². The third-order valence-corrected chi connectivity index (χ3v) is 3.69. The highest BCUT2D eigenvalue weighted by atomic mass is 16.5. The van der Waals surface area contributed by atoms with Crippen molar-refractivity contribution in [2.45, 2.75) is 52.1 Å². The second-order valence-corrected chi connectivity index (χ2v) is 5.73. The molecule has 0 radical (unpaired) electrons. The van der Waals surface area contributed by atoms with Crippen molar-refractivity contribution in [2.75, 3.05) is 0 Å². The van der Waals surface area contributed by atoms with E-state index in [1.807, 2.05) is 0 Å². The number of carbonyl (C=O) groups is 2. The van der Waals surface area contributed by atoms with E-state index in [2.05, 4.69) is 37.3 Å². The number of Topliss-reactive ketones (excluding diaryl/α,β-unsaturated/α-hetero) is 1. The van der Waals surface area contributed by atoms with Crippen molar-refractivity contribution in [3.8, 4) is 0 Å². The molecule has 3 nitrogen and oxygen atoms in total. The van der Waals surface area contributed by atoms with Crippen LogP contribution < -0.4 is 0 Å². The Bertz CT molecular complexity index is 540. The maximum atomic E-state index is 11.7. The maximum Gasteiger partial charge on any atom is 0.313 e. The molecular formula is C18H22O3. The average molecular weight is 286 g/mol. The van der Waals surface area contributed by atoms with Crippen molar-refractivity contribution < 1.29 is 14.3 Å². The predicted octanol–water partition coefficient (Wildman–Crippen LogP) is 3.84. The molecule has 1 aliphatic rings. The van der Waals surface area contributed by atoms with Crippen molar-refractivity contribution in [1.82, 2.24) is 0 Å². The second kappa shape index (κ2) is 7.21. The molecule has 112 valence electrons. The summed E-state index contributed by atoms with van der Waals surface area (Å²) in [7, 11) is 0. The molecule has 2 rings (SSSR count). The van der Waals surface area contributed by atoms with Gasteiger partial charge in [0.1, 0.15) is 18.3 Å². The first-order valence-electron chi connectivity index (χ1n) is 7.50. The lowest BCUT2D eigenvalue weighted by atomic mass is 9.90. The van der Waals surface area contributed by atoms with Gasteiger partial charge in [-0.15, -0.1) is 0 Å². The number of ether oxygens (including phenoxy) is 1. The van der Waals surface area contributed by atoms with Crippen LogP contribution in [0.3, 0.4) is 0 Å². The van der Waals surface area contributed by atoms with Gasteiger partial charge in [0.05, 0.1) is 0 Å². The van der Waals surface area contributed by atoms with Gasteiger partial charge in [-0.1, -0.05) is 35.9 Å². The lowest BCUT2D eigenvalue weighted by Crippen LogP contribution is -2.24. The summed E-state index contributed by atoms with van der Waals surface area (Å²) in [5, 5.41) is 0. The van der Waals surface area contributed by atoms with Gasteiger partial charge in [0.2, 0.25) is 0 Å². The minimum absolute atomic E-state index is 0.131. The van der Waals surface area contributed by atoms with Crippen molar-refractivity contribution in [3.63, 3.8) is 0 Å². The van der Waals surface area contributed by atoms with E-state index in [1.54, 1.807) is 0 Å². The monoisotopic (exact) mass is 286 g/mol. The lowest BCUT2D eigenvalue weighted by Gasteiger charge is -2.25. The Morgan fingerprint density at radius 1 is 1.24 bits per heavy atom. The molecule has 1 atom stereocenters. The Labute approximate surface area is 126 Å². The van der Waals surface area contributed by atoms with Crippen LogP contribution in [0.5, 0.6) is 0 Å². The molecule has 1 fully saturated rings. The molecule has 1 aromatic carbocycles. The molecule has 1 aromatic rings. The van der Waals surface area contributed by atoms with Crippen LogP contribution in [-0.2, 0) is 14.3 Å². The van der Waals surface area contributed by atoms with Crippen molar-refractivity contribution >= 4 is 17.8 Å². The SMILES string of the molecule is CC(=O)CC(=O)OC1CCCC/C1=C\c1ccc(C)cc1. The Morgan fingerprint density at radius 3 is 2.62 bits per heavy atom. The minimum atomic E-state index is -0.413. The standard InChI is InChI=1S/C18H22O3/c1-13-7-9-15(10-8-13)12-16-5-3-4-6-17(16)21-18(20)11-14(2)19/h7-10,12,17H,3-6,11H2,1-2H3/b16-12+. The molecule has 0 amide bonds. The first kappa shape index (κ1) is 15.5. The van der Waals surface area contributed by atoms with Crippen molar-refractivity contribution in [2.24, 2.45) is 0 Å². The summed E-state index contributed by atoms with van der Waals surface area (Å²) in [6.07, 6.45) is 5.79. The molecule has 0 saturated heterocycles. The summed E-state index contributed by atoms with van der Waals surface area (Å²) in [6, 6.07) is 8.30. The quantitative estimate of drug-likeness (QED) is 0.624. The van der Waals surface area contributed by atoms with Gasteiger partial charge in [-0.25, -0.2) is 0 Å². The summed E-state index contributed by atoms with van der Waals surface area (Å²) in [6.45, 7) is 3.47. The molecular weight excluding hydrogens is 264 g/mol. The fourth-order valence-electron chi connectivity index (χ4n) is 2.59. The fraction of sp³-hybridized carbons (Fsp3) is 0.444. The summed E-state index contributed by atoms with van der Waals surface area (Å²) in [5.74, 6) is -0.566. The zero-order chi connectivity index (χ0) is 15.2. The molecule has 0 N–H and O–H groups in total. The summed E-state index contributed by atoms with van der Waals surface area (Å²) < 4.78 is 5.48. The molecule has 0 aromatic heterocycles. The van der Waals surface area contributed by atoms with Crippen LogP contribution in [0.4, 0.5) is 0 Å². The van der Waals surface area contributed by atoms with E-state index in [1.165, 1.54) is 12.5 Å². The third-order valence-electron chi connectivity index (χ3n) is 3.69. The van der Waals surface area contributed by atoms with E-state index in [9.17, 15) is 9.59 Å². The van der Waals surface area contributed by atoms with Crippen LogP contribution in [-0.4, -0.2) is 17.9 Å². The molecule has 0 aliphatic heterocycles. The Hall–Kier alpha value is -1.90. The largest absolute Gasteiger partial charge is 0.457 e. The van der Waals surface area contributed by atoms with E-state index < -0.39 is 5.97 Å². The number of ketones is 1. The highest BCUT2D eigenvalue weighted by Gasteiger charge is 2.23. The van der Waals surface area contributed by atoms with E-state index in [0.29, 0.717) is 0 Å². The topological polar surface area (TPSA) is 43.4 Å². The Balaban J connectivity index is 2.09.